The molecule has 0 aliphatic heterocycles. The number of benzene rings is 1. The molecule has 2 atom stereocenters. The molecule has 1 aromatic carbocycles. The minimum Gasteiger partial charge on any atom is -0.382 e. The summed E-state index contributed by atoms with van der Waals surface area (Å²) in [5.74, 6) is 1.97. The van der Waals surface area contributed by atoms with Gasteiger partial charge in [-0.2, -0.15) is 0 Å². The number of aryl methyl sites for hydroxylation is 1. The fourth-order valence-corrected chi connectivity index (χ4v) is 3.67. The Morgan fingerprint density at radius 1 is 1.14 bits per heavy atom. The number of carbonyl (C=O) groups excluding carboxylic acids is 1. The van der Waals surface area contributed by atoms with Crippen LogP contribution in [-0.4, -0.2) is 11.9 Å². The van der Waals surface area contributed by atoms with Crippen molar-refractivity contribution in [1.29, 1.82) is 0 Å². The van der Waals surface area contributed by atoms with Crippen LogP contribution in [0.2, 0.25) is 0 Å². The summed E-state index contributed by atoms with van der Waals surface area (Å²) in [5.41, 5.74) is 3.21. The third-order valence-corrected chi connectivity index (χ3v) is 4.91. The molecule has 3 rings (SSSR count). The monoisotopic (exact) mass is 286 g/mol. The van der Waals surface area contributed by atoms with E-state index < -0.39 is 0 Å². The van der Waals surface area contributed by atoms with Crippen molar-refractivity contribution in [3.05, 3.63) is 23.8 Å². The Morgan fingerprint density at radius 3 is 2.62 bits per heavy atom. The van der Waals surface area contributed by atoms with Crippen molar-refractivity contribution in [3.8, 4) is 0 Å². The number of amides is 1. The molecule has 0 bridgehead atoms. The van der Waals surface area contributed by atoms with Crippen molar-refractivity contribution in [2.75, 3.05) is 10.6 Å². The van der Waals surface area contributed by atoms with Crippen LogP contribution >= 0.6 is 0 Å². The predicted molar refractivity (Wildman–Crippen MR) is 87.6 cm³/mol. The largest absolute Gasteiger partial charge is 0.382 e. The van der Waals surface area contributed by atoms with Crippen LogP contribution in [0, 0.1) is 18.8 Å². The van der Waals surface area contributed by atoms with Gasteiger partial charge in [-0.15, -0.1) is 0 Å². The summed E-state index contributed by atoms with van der Waals surface area (Å²) in [6.45, 7) is 3.59. The molecular formula is C18H26N2O. The lowest BCUT2D eigenvalue weighted by atomic mass is 9.82. The van der Waals surface area contributed by atoms with E-state index in [1.54, 1.807) is 6.92 Å². The molecule has 0 heterocycles. The number of hydrogen-bond acceptors (Lipinski definition) is 2. The molecule has 3 nitrogen and oxygen atoms in total. The minimum atomic E-state index is -0.0154. The predicted octanol–water partition coefficient (Wildman–Crippen LogP) is 4.33. The van der Waals surface area contributed by atoms with Crippen LogP contribution in [0.3, 0.4) is 0 Å². The Labute approximate surface area is 127 Å². The van der Waals surface area contributed by atoms with Gasteiger partial charge < -0.3 is 10.6 Å². The van der Waals surface area contributed by atoms with E-state index in [0.717, 1.165) is 23.1 Å². The summed E-state index contributed by atoms with van der Waals surface area (Å²) in [4.78, 5) is 11.1. The van der Waals surface area contributed by atoms with Gasteiger partial charge in [0.1, 0.15) is 0 Å². The normalized spacial score (nSPS) is 25.4. The van der Waals surface area contributed by atoms with Crippen molar-refractivity contribution >= 4 is 17.3 Å². The summed E-state index contributed by atoms with van der Waals surface area (Å²) in [6, 6.07) is 6.85. The lowest BCUT2D eigenvalue weighted by Crippen LogP contribution is -2.28. The number of nitrogens with one attached hydrogen (secondary N) is 2. The molecular weight excluding hydrogens is 260 g/mol. The highest BCUT2D eigenvalue weighted by Crippen LogP contribution is 2.44. The van der Waals surface area contributed by atoms with Crippen LogP contribution < -0.4 is 10.6 Å². The zero-order chi connectivity index (χ0) is 14.8. The fraction of sp³-hybridized carbons (Fsp3) is 0.611. The third kappa shape index (κ3) is 3.78. The zero-order valence-corrected chi connectivity index (χ0v) is 13.1. The maximum absolute atomic E-state index is 11.1. The van der Waals surface area contributed by atoms with Gasteiger partial charge in [0, 0.05) is 24.3 Å². The molecule has 0 spiro atoms. The van der Waals surface area contributed by atoms with Crippen molar-refractivity contribution in [1.82, 2.24) is 0 Å². The lowest BCUT2D eigenvalue weighted by molar-refractivity contribution is -0.114. The molecule has 2 N–H and O–H groups in total. The minimum absolute atomic E-state index is 0.0154. The molecule has 2 aliphatic rings. The van der Waals surface area contributed by atoms with Crippen molar-refractivity contribution < 1.29 is 4.79 Å². The van der Waals surface area contributed by atoms with Gasteiger partial charge in [-0.3, -0.25) is 4.79 Å². The summed E-state index contributed by atoms with van der Waals surface area (Å²) in [7, 11) is 0. The molecule has 1 aromatic rings. The number of hydrogen-bond donors (Lipinski definition) is 2. The molecule has 0 saturated heterocycles. The second kappa shape index (κ2) is 6.08. The molecule has 2 fully saturated rings. The Balaban J connectivity index is 1.61. The average Bonchev–Trinajstić information content (AvgIpc) is 3.26. The van der Waals surface area contributed by atoms with E-state index in [0.29, 0.717) is 6.04 Å². The first-order valence-corrected chi connectivity index (χ1v) is 8.26. The lowest BCUT2D eigenvalue weighted by Gasteiger charge is -2.30. The molecule has 0 radical (unpaired) electrons. The molecule has 2 unspecified atom stereocenters. The topological polar surface area (TPSA) is 41.1 Å². The molecule has 0 aromatic heterocycles. The van der Waals surface area contributed by atoms with Crippen molar-refractivity contribution in [2.45, 2.75) is 58.4 Å². The second-order valence-corrected chi connectivity index (χ2v) is 6.82. The molecule has 114 valence electrons. The van der Waals surface area contributed by atoms with Crippen LogP contribution in [0.25, 0.3) is 0 Å². The number of carbonyl (C=O) groups is 1. The van der Waals surface area contributed by atoms with Gasteiger partial charge in [0.2, 0.25) is 5.91 Å². The van der Waals surface area contributed by atoms with Crippen molar-refractivity contribution in [2.24, 2.45) is 11.8 Å². The van der Waals surface area contributed by atoms with Gasteiger partial charge >= 0.3 is 0 Å². The van der Waals surface area contributed by atoms with Gasteiger partial charge in [-0.05, 0) is 68.2 Å². The van der Waals surface area contributed by atoms with Gasteiger partial charge in [0.05, 0.1) is 0 Å². The summed E-state index contributed by atoms with van der Waals surface area (Å²) in [6.07, 6.45) is 8.34. The summed E-state index contributed by atoms with van der Waals surface area (Å²) in [5, 5.41) is 6.57. The van der Waals surface area contributed by atoms with E-state index in [9.17, 15) is 4.79 Å². The Kier molecular flexibility index (Phi) is 4.18. The third-order valence-electron chi connectivity index (χ3n) is 4.91. The van der Waals surface area contributed by atoms with Crippen LogP contribution in [-0.2, 0) is 4.79 Å². The van der Waals surface area contributed by atoms with E-state index in [4.69, 9.17) is 0 Å². The molecule has 3 heteroatoms. The zero-order valence-electron chi connectivity index (χ0n) is 13.1. The Bertz CT molecular complexity index is 522. The second-order valence-electron chi connectivity index (χ2n) is 6.82. The van der Waals surface area contributed by atoms with E-state index >= 15 is 0 Å². The summed E-state index contributed by atoms with van der Waals surface area (Å²) >= 11 is 0. The SMILES string of the molecule is CC(=O)Nc1ccc(NC2CCCC(C3CC3)C2)cc1C. The van der Waals surface area contributed by atoms with Crippen LogP contribution in [0.5, 0.6) is 0 Å². The van der Waals surface area contributed by atoms with Crippen molar-refractivity contribution in [3.63, 3.8) is 0 Å². The highest BCUT2D eigenvalue weighted by atomic mass is 16.1. The van der Waals surface area contributed by atoms with Gasteiger partial charge in [-0.25, -0.2) is 0 Å². The van der Waals surface area contributed by atoms with Gasteiger partial charge in [0.25, 0.3) is 0 Å². The Hall–Kier alpha value is -1.51. The van der Waals surface area contributed by atoms with Crippen LogP contribution in [0.15, 0.2) is 18.2 Å². The van der Waals surface area contributed by atoms with E-state index in [1.807, 2.05) is 13.0 Å². The maximum atomic E-state index is 11.1. The number of anilines is 2. The quantitative estimate of drug-likeness (QED) is 0.864. The standard InChI is InChI=1S/C18H26N2O/c1-12-10-17(8-9-18(12)19-13(2)21)20-16-5-3-4-15(11-16)14-6-7-14/h8-10,14-16,20H,3-7,11H2,1-2H3,(H,19,21). The van der Waals surface area contributed by atoms with Gasteiger partial charge in [0.15, 0.2) is 0 Å². The highest BCUT2D eigenvalue weighted by Gasteiger charge is 2.34. The van der Waals surface area contributed by atoms with E-state index in [1.165, 1.54) is 44.2 Å². The molecule has 1 amide bonds. The molecule has 2 saturated carbocycles. The number of rotatable bonds is 4. The highest BCUT2D eigenvalue weighted by molar-refractivity contribution is 5.89. The van der Waals surface area contributed by atoms with Crippen LogP contribution in [0.1, 0.15) is 51.0 Å². The first-order valence-electron chi connectivity index (χ1n) is 8.26. The first-order chi connectivity index (χ1) is 10.1. The average molecular weight is 286 g/mol. The first kappa shape index (κ1) is 14.4. The molecule has 2 aliphatic carbocycles. The molecule has 21 heavy (non-hydrogen) atoms. The van der Waals surface area contributed by atoms with Gasteiger partial charge in [-0.1, -0.05) is 12.8 Å². The maximum Gasteiger partial charge on any atom is 0.221 e. The Morgan fingerprint density at radius 2 is 1.95 bits per heavy atom. The summed E-state index contributed by atoms with van der Waals surface area (Å²) < 4.78 is 0. The van der Waals surface area contributed by atoms with E-state index in [2.05, 4.69) is 22.8 Å². The smallest absolute Gasteiger partial charge is 0.221 e. The fourth-order valence-electron chi connectivity index (χ4n) is 3.67. The van der Waals surface area contributed by atoms with E-state index in [-0.39, 0.29) is 5.91 Å². The van der Waals surface area contributed by atoms with Crippen LogP contribution in [0.4, 0.5) is 11.4 Å².